The van der Waals surface area contributed by atoms with Crippen molar-refractivity contribution in [2.24, 2.45) is 5.41 Å². The number of fused-ring (bicyclic) bond motifs is 1. The fourth-order valence-corrected chi connectivity index (χ4v) is 5.53. The van der Waals surface area contributed by atoms with Crippen molar-refractivity contribution < 1.29 is 14.3 Å². The van der Waals surface area contributed by atoms with Crippen LogP contribution in [0, 0.1) is 5.41 Å². The summed E-state index contributed by atoms with van der Waals surface area (Å²) in [5.41, 5.74) is 1.38. The van der Waals surface area contributed by atoms with Gasteiger partial charge in [0.15, 0.2) is 0 Å². The molecule has 2 aliphatic heterocycles. The van der Waals surface area contributed by atoms with E-state index in [1.54, 1.807) is 12.4 Å². The Morgan fingerprint density at radius 1 is 1.06 bits per heavy atom. The molecule has 5 rings (SSSR count). The topological polar surface area (TPSA) is 75.6 Å². The second-order valence-electron chi connectivity index (χ2n) is 10.2. The van der Waals surface area contributed by atoms with Gasteiger partial charge in [0.05, 0.1) is 17.5 Å². The largest absolute Gasteiger partial charge is 0.491 e. The molecular formula is C28H36N4O3. The minimum Gasteiger partial charge on any atom is -0.491 e. The van der Waals surface area contributed by atoms with Crippen LogP contribution < -0.4 is 4.74 Å². The fraction of sp³-hybridized carbons (Fsp3) is 0.571. The first-order chi connectivity index (χ1) is 17.1. The van der Waals surface area contributed by atoms with Gasteiger partial charge in [0, 0.05) is 37.9 Å². The summed E-state index contributed by atoms with van der Waals surface area (Å²) in [6.07, 6.45) is 10.9. The van der Waals surface area contributed by atoms with E-state index in [-0.39, 0.29) is 11.8 Å². The lowest BCUT2D eigenvalue weighted by molar-refractivity contribution is -0.145. The highest BCUT2D eigenvalue weighted by molar-refractivity contribution is 5.94. The van der Waals surface area contributed by atoms with Crippen LogP contribution >= 0.6 is 0 Å². The zero-order valence-electron chi connectivity index (χ0n) is 20.7. The van der Waals surface area contributed by atoms with E-state index in [1.165, 1.54) is 5.56 Å². The van der Waals surface area contributed by atoms with Crippen molar-refractivity contribution in [2.45, 2.75) is 64.2 Å². The van der Waals surface area contributed by atoms with E-state index in [0.29, 0.717) is 57.1 Å². The van der Waals surface area contributed by atoms with Crippen LogP contribution in [0.4, 0.5) is 0 Å². The lowest BCUT2D eigenvalue weighted by atomic mass is 9.73. The molecule has 2 amide bonds. The third-order valence-electron chi connectivity index (χ3n) is 7.93. The fourth-order valence-electron chi connectivity index (χ4n) is 5.53. The first-order valence-corrected chi connectivity index (χ1v) is 13.2. The normalized spacial score (nSPS) is 21.0. The first kappa shape index (κ1) is 23.8. The molecule has 0 atom stereocenters. The van der Waals surface area contributed by atoms with E-state index < -0.39 is 5.41 Å². The van der Waals surface area contributed by atoms with Crippen LogP contribution in [0.3, 0.4) is 0 Å². The zero-order chi connectivity index (χ0) is 24.3. The van der Waals surface area contributed by atoms with Gasteiger partial charge in [-0.2, -0.15) is 0 Å². The number of hydrogen-bond donors (Lipinski definition) is 0. The number of rotatable bonds is 3. The number of aryl methyl sites for hydroxylation is 1. The molecule has 1 saturated heterocycles. The number of benzene rings is 1. The molecule has 1 aliphatic carbocycles. The minimum atomic E-state index is -0.405. The maximum Gasteiger partial charge on any atom is 0.256 e. The number of aromatic nitrogens is 2. The SMILES string of the molecule is CCN1CCOc2ccccc2CCCCC2(CCN(C(=O)c3cnc(C4CC4)nc3)CC2)C1=O. The molecular weight excluding hydrogens is 440 g/mol. The smallest absolute Gasteiger partial charge is 0.256 e. The summed E-state index contributed by atoms with van der Waals surface area (Å²) in [6, 6.07) is 8.24. The Labute approximate surface area is 207 Å². The quantitative estimate of drug-likeness (QED) is 0.663. The second-order valence-corrected chi connectivity index (χ2v) is 10.2. The molecule has 2 fully saturated rings. The lowest BCUT2D eigenvalue weighted by Crippen LogP contribution is -2.52. The van der Waals surface area contributed by atoms with Gasteiger partial charge >= 0.3 is 0 Å². The van der Waals surface area contributed by atoms with Gasteiger partial charge in [-0.3, -0.25) is 9.59 Å². The van der Waals surface area contributed by atoms with Crippen LogP contribution in [0.5, 0.6) is 5.75 Å². The summed E-state index contributed by atoms with van der Waals surface area (Å²) in [7, 11) is 0. The lowest BCUT2D eigenvalue weighted by Gasteiger charge is -2.43. The van der Waals surface area contributed by atoms with E-state index in [9.17, 15) is 9.59 Å². The predicted molar refractivity (Wildman–Crippen MR) is 133 cm³/mol. The van der Waals surface area contributed by atoms with Gasteiger partial charge in [0.2, 0.25) is 5.91 Å². The summed E-state index contributed by atoms with van der Waals surface area (Å²) in [6.45, 7) is 4.96. The Morgan fingerprint density at radius 3 is 2.51 bits per heavy atom. The molecule has 3 aliphatic rings. The Morgan fingerprint density at radius 2 is 1.80 bits per heavy atom. The van der Waals surface area contributed by atoms with Gasteiger partial charge in [0.1, 0.15) is 18.2 Å². The zero-order valence-corrected chi connectivity index (χ0v) is 20.7. The van der Waals surface area contributed by atoms with Crippen molar-refractivity contribution in [3.8, 4) is 5.75 Å². The molecule has 0 N–H and O–H groups in total. The van der Waals surface area contributed by atoms with Gasteiger partial charge in [-0.15, -0.1) is 0 Å². The molecule has 1 saturated carbocycles. The van der Waals surface area contributed by atoms with Crippen molar-refractivity contribution in [1.29, 1.82) is 0 Å². The van der Waals surface area contributed by atoms with Crippen molar-refractivity contribution in [2.75, 3.05) is 32.8 Å². The van der Waals surface area contributed by atoms with Crippen molar-refractivity contribution in [3.05, 3.63) is 53.6 Å². The van der Waals surface area contributed by atoms with E-state index >= 15 is 0 Å². The van der Waals surface area contributed by atoms with Gasteiger partial charge < -0.3 is 14.5 Å². The van der Waals surface area contributed by atoms with Crippen LogP contribution in [0.2, 0.25) is 0 Å². The van der Waals surface area contributed by atoms with Gasteiger partial charge in [-0.1, -0.05) is 24.6 Å². The first-order valence-electron chi connectivity index (χ1n) is 13.2. The van der Waals surface area contributed by atoms with Crippen LogP contribution in [0.25, 0.3) is 0 Å². The molecule has 0 bridgehead atoms. The molecule has 3 heterocycles. The molecule has 2 aromatic rings. The standard InChI is InChI=1S/C28H36N4O3/c1-2-31-17-18-35-24-9-4-3-7-21(24)8-5-6-12-28(27(31)34)13-15-32(16-14-28)26(33)23-19-29-25(30-20-23)22-10-11-22/h3-4,7,9,19-20,22H,2,5-6,8,10-18H2,1H3. The Balaban J connectivity index is 1.27. The van der Waals surface area contributed by atoms with Crippen LogP contribution in [0.15, 0.2) is 36.7 Å². The average molecular weight is 477 g/mol. The Hall–Kier alpha value is -2.96. The second kappa shape index (κ2) is 10.3. The highest BCUT2D eigenvalue weighted by Crippen LogP contribution is 2.40. The monoisotopic (exact) mass is 476 g/mol. The van der Waals surface area contributed by atoms with Crippen LogP contribution in [-0.2, 0) is 11.2 Å². The summed E-state index contributed by atoms with van der Waals surface area (Å²) >= 11 is 0. The molecule has 7 nitrogen and oxygen atoms in total. The molecule has 7 heteroatoms. The molecule has 35 heavy (non-hydrogen) atoms. The van der Waals surface area contributed by atoms with Crippen LogP contribution in [-0.4, -0.2) is 64.4 Å². The van der Waals surface area contributed by atoms with Crippen molar-refractivity contribution in [1.82, 2.24) is 19.8 Å². The predicted octanol–water partition coefficient (Wildman–Crippen LogP) is 4.23. The summed E-state index contributed by atoms with van der Waals surface area (Å²) < 4.78 is 6.08. The highest BCUT2D eigenvalue weighted by Gasteiger charge is 2.43. The summed E-state index contributed by atoms with van der Waals surface area (Å²) in [5, 5.41) is 0. The Bertz CT molecular complexity index is 1040. The number of likely N-dealkylation sites (N-methyl/N-ethyl adjacent to an activating group) is 1. The highest BCUT2D eigenvalue weighted by atomic mass is 16.5. The van der Waals surface area contributed by atoms with Crippen molar-refractivity contribution >= 4 is 11.8 Å². The summed E-state index contributed by atoms with van der Waals surface area (Å²) in [4.78, 5) is 39.6. The van der Waals surface area contributed by atoms with E-state index in [0.717, 1.165) is 50.1 Å². The number of hydrogen-bond acceptors (Lipinski definition) is 5. The van der Waals surface area contributed by atoms with Gasteiger partial charge in [-0.05, 0) is 63.5 Å². The number of piperidine rings is 1. The summed E-state index contributed by atoms with van der Waals surface area (Å²) in [5.74, 6) is 2.46. The maximum absolute atomic E-state index is 13.8. The number of ether oxygens (including phenoxy) is 1. The molecule has 1 spiro atoms. The van der Waals surface area contributed by atoms with Gasteiger partial charge in [0.25, 0.3) is 5.91 Å². The number of nitrogens with zero attached hydrogens (tertiary/aromatic N) is 4. The third kappa shape index (κ3) is 5.19. The third-order valence-corrected chi connectivity index (χ3v) is 7.93. The van der Waals surface area contributed by atoms with E-state index in [1.807, 2.05) is 28.9 Å². The molecule has 1 aromatic heterocycles. The molecule has 186 valence electrons. The minimum absolute atomic E-state index is 0.0276. The number of carbonyl (C=O) groups is 2. The molecule has 1 aromatic carbocycles. The Kier molecular flexibility index (Phi) is 7.02. The van der Waals surface area contributed by atoms with Gasteiger partial charge in [-0.25, -0.2) is 9.97 Å². The molecule has 0 radical (unpaired) electrons. The van der Waals surface area contributed by atoms with Crippen molar-refractivity contribution in [3.63, 3.8) is 0 Å². The number of carbonyl (C=O) groups excluding carboxylic acids is 2. The number of amides is 2. The number of para-hydroxylation sites is 1. The number of likely N-dealkylation sites (tertiary alicyclic amines) is 1. The maximum atomic E-state index is 13.8. The van der Waals surface area contributed by atoms with E-state index in [4.69, 9.17) is 4.74 Å². The molecule has 0 unspecified atom stereocenters. The van der Waals surface area contributed by atoms with E-state index in [2.05, 4.69) is 22.1 Å². The average Bonchev–Trinajstić information content (AvgIpc) is 3.75. The van der Waals surface area contributed by atoms with Crippen LogP contribution in [0.1, 0.15) is 79.5 Å².